The van der Waals surface area contributed by atoms with Crippen molar-refractivity contribution in [3.05, 3.63) is 17.5 Å². The number of aromatic nitrogens is 2. The summed E-state index contributed by atoms with van der Waals surface area (Å²) >= 11 is 0. The minimum absolute atomic E-state index is 0.359. The zero-order valence-electron chi connectivity index (χ0n) is 8.20. The van der Waals surface area contributed by atoms with Crippen molar-refractivity contribution >= 4 is 0 Å². The van der Waals surface area contributed by atoms with Crippen molar-refractivity contribution in [3.63, 3.8) is 0 Å². The maximum Gasteiger partial charge on any atom is 0.0541 e. The second-order valence-corrected chi connectivity index (χ2v) is 3.65. The average molecular weight is 180 g/mol. The molecule has 1 aliphatic rings. The van der Waals surface area contributed by atoms with E-state index in [4.69, 9.17) is 5.73 Å². The molecule has 13 heavy (non-hydrogen) atoms. The fraction of sp³-hybridized carbons (Fsp3) is 0.667. The molecule has 0 radical (unpaired) electrons. The summed E-state index contributed by atoms with van der Waals surface area (Å²) in [5, 5.41) is 4.27. The van der Waals surface area contributed by atoms with Gasteiger partial charge in [-0.25, -0.2) is 0 Å². The van der Waals surface area contributed by atoms with Crippen molar-refractivity contribution in [2.24, 2.45) is 12.8 Å². The van der Waals surface area contributed by atoms with E-state index in [0.717, 1.165) is 13.0 Å². The van der Waals surface area contributed by atoms with E-state index < -0.39 is 0 Å². The molecule has 0 amide bonds. The van der Waals surface area contributed by atoms with E-state index in [-0.39, 0.29) is 0 Å². The lowest BCUT2D eigenvalue weighted by atomic mass is 10.00. The van der Waals surface area contributed by atoms with Crippen LogP contribution in [0.2, 0.25) is 0 Å². The first kappa shape index (κ1) is 8.72. The van der Waals surface area contributed by atoms with Crippen molar-refractivity contribution in [2.45, 2.75) is 12.5 Å². The molecule has 0 fully saturated rings. The molecule has 1 unspecified atom stereocenters. The largest absolute Gasteiger partial charge is 0.329 e. The third-order valence-corrected chi connectivity index (χ3v) is 2.91. The standard InChI is InChI=1S/C9H16N4/c1-12-4-3-8-7(9(12)5-10)6-11-13(8)2/h6,9H,3-5,10H2,1-2H3. The van der Waals surface area contributed by atoms with Crippen LogP contribution in [0.5, 0.6) is 0 Å². The number of hydrogen-bond donors (Lipinski definition) is 1. The predicted octanol–water partition coefficient (Wildman–Crippen LogP) is -0.0922. The number of nitrogens with zero attached hydrogens (tertiary/aromatic N) is 3. The SMILES string of the molecule is CN1CCc2c(cnn2C)C1CN. The smallest absolute Gasteiger partial charge is 0.0541 e. The Kier molecular flexibility index (Phi) is 2.09. The van der Waals surface area contributed by atoms with Crippen LogP contribution in [0.3, 0.4) is 0 Å². The van der Waals surface area contributed by atoms with E-state index in [2.05, 4.69) is 17.0 Å². The van der Waals surface area contributed by atoms with Crippen molar-refractivity contribution in [1.82, 2.24) is 14.7 Å². The summed E-state index contributed by atoms with van der Waals surface area (Å²) in [6.07, 6.45) is 3.03. The Morgan fingerprint density at radius 2 is 2.38 bits per heavy atom. The Balaban J connectivity index is 2.40. The van der Waals surface area contributed by atoms with Gasteiger partial charge in [0.2, 0.25) is 0 Å². The number of fused-ring (bicyclic) bond motifs is 1. The summed E-state index contributed by atoms with van der Waals surface area (Å²) in [5.74, 6) is 0. The van der Waals surface area contributed by atoms with Crippen LogP contribution in [0.25, 0.3) is 0 Å². The summed E-state index contributed by atoms with van der Waals surface area (Å²) in [5.41, 5.74) is 8.38. The van der Waals surface area contributed by atoms with Gasteiger partial charge in [0.15, 0.2) is 0 Å². The Morgan fingerprint density at radius 3 is 3.08 bits per heavy atom. The van der Waals surface area contributed by atoms with Gasteiger partial charge in [0.05, 0.1) is 12.2 Å². The second-order valence-electron chi connectivity index (χ2n) is 3.65. The molecule has 72 valence electrons. The predicted molar refractivity (Wildman–Crippen MR) is 51.3 cm³/mol. The molecule has 1 aromatic heterocycles. The van der Waals surface area contributed by atoms with Crippen molar-refractivity contribution in [1.29, 1.82) is 0 Å². The first-order chi connectivity index (χ1) is 6.24. The van der Waals surface area contributed by atoms with Crippen LogP contribution in [0, 0.1) is 0 Å². The fourth-order valence-electron chi connectivity index (χ4n) is 2.05. The highest BCUT2D eigenvalue weighted by Gasteiger charge is 2.25. The third-order valence-electron chi connectivity index (χ3n) is 2.91. The van der Waals surface area contributed by atoms with Gasteiger partial charge in [-0.3, -0.25) is 9.58 Å². The van der Waals surface area contributed by atoms with E-state index in [1.807, 2.05) is 17.9 Å². The van der Waals surface area contributed by atoms with Crippen molar-refractivity contribution in [3.8, 4) is 0 Å². The molecule has 0 aromatic carbocycles. The molecule has 0 aliphatic carbocycles. The molecule has 1 atom stereocenters. The lowest BCUT2D eigenvalue weighted by Crippen LogP contribution is -2.36. The van der Waals surface area contributed by atoms with Crippen LogP contribution in [0.4, 0.5) is 0 Å². The van der Waals surface area contributed by atoms with Crippen LogP contribution >= 0.6 is 0 Å². The molecule has 2 rings (SSSR count). The number of likely N-dealkylation sites (N-methyl/N-ethyl adjacent to an activating group) is 1. The maximum atomic E-state index is 5.74. The van der Waals surface area contributed by atoms with Gasteiger partial charge >= 0.3 is 0 Å². The Labute approximate surface area is 78.3 Å². The lowest BCUT2D eigenvalue weighted by molar-refractivity contribution is 0.234. The van der Waals surface area contributed by atoms with E-state index in [9.17, 15) is 0 Å². The minimum atomic E-state index is 0.359. The summed E-state index contributed by atoms with van der Waals surface area (Å²) in [7, 11) is 4.12. The normalized spacial score (nSPS) is 23.2. The second kappa shape index (κ2) is 3.12. The number of aryl methyl sites for hydroxylation is 1. The highest BCUT2D eigenvalue weighted by atomic mass is 15.3. The fourth-order valence-corrected chi connectivity index (χ4v) is 2.05. The molecule has 2 heterocycles. The van der Waals surface area contributed by atoms with Crippen LogP contribution in [-0.4, -0.2) is 34.8 Å². The summed E-state index contributed by atoms with van der Waals surface area (Å²) in [4.78, 5) is 2.30. The Morgan fingerprint density at radius 1 is 1.62 bits per heavy atom. The lowest BCUT2D eigenvalue weighted by Gasteiger charge is -2.31. The van der Waals surface area contributed by atoms with Crippen LogP contribution in [0.1, 0.15) is 17.3 Å². The van der Waals surface area contributed by atoms with Gasteiger partial charge in [0.1, 0.15) is 0 Å². The molecule has 0 saturated heterocycles. The van der Waals surface area contributed by atoms with Crippen LogP contribution in [0.15, 0.2) is 6.20 Å². The highest BCUT2D eigenvalue weighted by Crippen LogP contribution is 2.26. The van der Waals surface area contributed by atoms with Gasteiger partial charge in [0, 0.05) is 37.8 Å². The average Bonchev–Trinajstić information content (AvgIpc) is 2.48. The number of nitrogens with two attached hydrogens (primary N) is 1. The van der Waals surface area contributed by atoms with Crippen LogP contribution < -0.4 is 5.73 Å². The van der Waals surface area contributed by atoms with Crippen LogP contribution in [-0.2, 0) is 13.5 Å². The van der Waals surface area contributed by atoms with Crippen molar-refractivity contribution < 1.29 is 0 Å². The Hall–Kier alpha value is -0.870. The van der Waals surface area contributed by atoms with Gasteiger partial charge in [-0.15, -0.1) is 0 Å². The van der Waals surface area contributed by atoms with Gasteiger partial charge in [-0.2, -0.15) is 5.10 Å². The highest BCUT2D eigenvalue weighted by molar-refractivity contribution is 5.25. The monoisotopic (exact) mass is 180 g/mol. The quantitative estimate of drug-likeness (QED) is 0.657. The van der Waals surface area contributed by atoms with E-state index in [1.54, 1.807) is 0 Å². The minimum Gasteiger partial charge on any atom is -0.329 e. The van der Waals surface area contributed by atoms with Gasteiger partial charge in [0.25, 0.3) is 0 Å². The summed E-state index contributed by atoms with van der Waals surface area (Å²) in [6, 6.07) is 0.359. The molecule has 0 spiro atoms. The Bertz CT molecular complexity index is 305. The first-order valence-electron chi connectivity index (χ1n) is 4.65. The molecular formula is C9H16N4. The molecular weight excluding hydrogens is 164 g/mol. The summed E-state index contributed by atoms with van der Waals surface area (Å²) < 4.78 is 1.96. The maximum absolute atomic E-state index is 5.74. The van der Waals surface area contributed by atoms with E-state index in [0.29, 0.717) is 12.6 Å². The van der Waals surface area contributed by atoms with Gasteiger partial charge < -0.3 is 5.73 Å². The van der Waals surface area contributed by atoms with E-state index >= 15 is 0 Å². The zero-order chi connectivity index (χ0) is 9.42. The molecule has 0 bridgehead atoms. The molecule has 4 nitrogen and oxygen atoms in total. The molecule has 1 aromatic rings. The number of rotatable bonds is 1. The van der Waals surface area contributed by atoms with Gasteiger partial charge in [-0.1, -0.05) is 0 Å². The molecule has 1 aliphatic heterocycles. The topological polar surface area (TPSA) is 47.1 Å². The van der Waals surface area contributed by atoms with E-state index in [1.165, 1.54) is 11.3 Å². The molecule has 0 saturated carbocycles. The molecule has 4 heteroatoms. The number of hydrogen-bond acceptors (Lipinski definition) is 3. The first-order valence-corrected chi connectivity index (χ1v) is 4.65. The van der Waals surface area contributed by atoms with Crippen molar-refractivity contribution in [2.75, 3.05) is 20.1 Å². The zero-order valence-corrected chi connectivity index (χ0v) is 8.20. The molecule has 2 N–H and O–H groups in total. The van der Waals surface area contributed by atoms with Gasteiger partial charge in [-0.05, 0) is 7.05 Å². The third kappa shape index (κ3) is 1.26. The summed E-state index contributed by atoms with van der Waals surface area (Å²) in [6.45, 7) is 1.75.